The van der Waals surface area contributed by atoms with E-state index in [0.717, 1.165) is 40.7 Å². The third-order valence-electron chi connectivity index (χ3n) is 4.93. The number of hydrogen-bond acceptors (Lipinski definition) is 4. The molecule has 126 valence electrons. The highest BCUT2D eigenvalue weighted by molar-refractivity contribution is 6.04. The van der Waals surface area contributed by atoms with Gasteiger partial charge in [-0.25, -0.2) is 4.39 Å². The smallest absolute Gasteiger partial charge is 0.137 e. The van der Waals surface area contributed by atoms with Gasteiger partial charge in [-0.2, -0.15) is 5.26 Å². The van der Waals surface area contributed by atoms with Crippen LogP contribution in [0.25, 0.3) is 5.57 Å². The van der Waals surface area contributed by atoms with Crippen LogP contribution in [0, 0.1) is 24.1 Å². The minimum Gasteiger partial charge on any atom is -0.369 e. The van der Waals surface area contributed by atoms with Gasteiger partial charge in [0.05, 0.1) is 0 Å². The average Bonchev–Trinajstić information content (AvgIpc) is 3.12. The molecule has 1 aromatic rings. The van der Waals surface area contributed by atoms with E-state index in [1.165, 1.54) is 0 Å². The molecule has 3 N–H and O–H groups in total. The van der Waals surface area contributed by atoms with Crippen molar-refractivity contribution in [1.82, 2.24) is 10.2 Å². The van der Waals surface area contributed by atoms with Gasteiger partial charge in [-0.05, 0) is 65.3 Å². The molecule has 0 radical (unpaired) electrons. The first-order valence-electron chi connectivity index (χ1n) is 8.41. The number of allylic oxidation sites excluding steroid dienone is 4. The number of nitrogens with zero attached hydrogens (tertiary/aromatic N) is 2. The number of rotatable bonds is 3. The topological polar surface area (TPSA) is 65.1 Å². The van der Waals surface area contributed by atoms with E-state index in [1.54, 1.807) is 19.2 Å². The van der Waals surface area contributed by atoms with E-state index in [4.69, 9.17) is 5.73 Å². The number of aryl methyl sites for hydroxylation is 1. The fraction of sp³-hybridized carbons (Fsp3) is 0.250. The Bertz CT molecular complexity index is 883. The molecular formula is C20H19FN4. The van der Waals surface area contributed by atoms with Gasteiger partial charge in [-0.15, -0.1) is 0 Å². The van der Waals surface area contributed by atoms with Crippen molar-refractivity contribution in [2.24, 2.45) is 5.73 Å². The lowest BCUT2D eigenvalue weighted by atomic mass is 9.95. The lowest BCUT2D eigenvalue weighted by molar-refractivity contribution is 0.313. The molecular weight excluding hydrogens is 315 g/mol. The minimum atomic E-state index is -0.174. The van der Waals surface area contributed by atoms with Gasteiger partial charge in [0, 0.05) is 18.9 Å². The van der Waals surface area contributed by atoms with E-state index in [0.29, 0.717) is 17.8 Å². The van der Waals surface area contributed by atoms with Crippen molar-refractivity contribution < 1.29 is 4.39 Å². The number of hydrogen-bond donors (Lipinski definition) is 2. The highest BCUT2D eigenvalue weighted by Gasteiger charge is 2.33. The average molecular weight is 334 g/mol. The Morgan fingerprint density at radius 2 is 2.28 bits per heavy atom. The predicted octanol–water partition coefficient (Wildman–Crippen LogP) is 3.04. The van der Waals surface area contributed by atoms with Crippen molar-refractivity contribution in [3.05, 3.63) is 76.0 Å². The molecule has 1 atom stereocenters. The van der Waals surface area contributed by atoms with Crippen LogP contribution in [-0.2, 0) is 0 Å². The first-order chi connectivity index (χ1) is 12.1. The maximum Gasteiger partial charge on any atom is 0.137 e. The molecule has 0 saturated carbocycles. The molecule has 2 aliphatic heterocycles. The van der Waals surface area contributed by atoms with E-state index in [2.05, 4.69) is 11.4 Å². The van der Waals surface area contributed by atoms with Gasteiger partial charge in [0.15, 0.2) is 0 Å². The van der Waals surface area contributed by atoms with Crippen molar-refractivity contribution in [1.29, 1.82) is 5.26 Å². The van der Waals surface area contributed by atoms with Crippen LogP contribution >= 0.6 is 0 Å². The lowest BCUT2D eigenvalue weighted by Crippen LogP contribution is -2.36. The van der Waals surface area contributed by atoms with E-state index < -0.39 is 0 Å². The Kier molecular flexibility index (Phi) is 3.70. The molecule has 2 heterocycles. The fourth-order valence-electron chi connectivity index (χ4n) is 3.57. The van der Waals surface area contributed by atoms with Gasteiger partial charge in [0.1, 0.15) is 23.7 Å². The minimum absolute atomic E-state index is 0.143. The summed E-state index contributed by atoms with van der Waals surface area (Å²) in [6, 6.07) is 5.73. The van der Waals surface area contributed by atoms with Gasteiger partial charge in [0.2, 0.25) is 0 Å². The van der Waals surface area contributed by atoms with E-state index >= 15 is 0 Å². The predicted molar refractivity (Wildman–Crippen MR) is 95.1 cm³/mol. The van der Waals surface area contributed by atoms with Crippen LogP contribution in [-0.4, -0.2) is 17.6 Å². The second-order valence-electron chi connectivity index (χ2n) is 6.50. The van der Waals surface area contributed by atoms with E-state index in [-0.39, 0.29) is 12.0 Å². The van der Waals surface area contributed by atoms with Crippen LogP contribution in [0.2, 0.25) is 0 Å². The first kappa shape index (κ1) is 15.7. The molecule has 4 rings (SSSR count). The second-order valence-corrected chi connectivity index (χ2v) is 6.50. The third kappa shape index (κ3) is 2.55. The Hall–Kier alpha value is -2.84. The quantitative estimate of drug-likeness (QED) is 0.905. The van der Waals surface area contributed by atoms with Gasteiger partial charge in [-0.3, -0.25) is 0 Å². The highest BCUT2D eigenvalue weighted by atomic mass is 19.1. The summed E-state index contributed by atoms with van der Waals surface area (Å²) in [5, 5.41) is 12.5. The van der Waals surface area contributed by atoms with Crippen LogP contribution in [0.1, 0.15) is 29.5 Å². The van der Waals surface area contributed by atoms with Crippen LogP contribution in [0.4, 0.5) is 4.39 Å². The van der Waals surface area contributed by atoms with Gasteiger partial charge >= 0.3 is 0 Å². The fourth-order valence-corrected chi connectivity index (χ4v) is 3.57. The number of nitrogens with one attached hydrogen (secondary N) is 1. The van der Waals surface area contributed by atoms with Crippen molar-refractivity contribution in [3.8, 4) is 6.07 Å². The molecule has 5 heteroatoms. The van der Waals surface area contributed by atoms with Crippen LogP contribution in [0.3, 0.4) is 0 Å². The first-order valence-corrected chi connectivity index (χ1v) is 8.41. The highest BCUT2D eigenvalue weighted by Crippen LogP contribution is 2.48. The summed E-state index contributed by atoms with van der Waals surface area (Å²) < 4.78 is 13.9. The summed E-state index contributed by atoms with van der Waals surface area (Å²) in [6.45, 7) is 2.23. The molecule has 0 fully saturated rings. The normalized spacial score (nSPS) is 22.6. The zero-order valence-electron chi connectivity index (χ0n) is 14.0. The Balaban J connectivity index is 1.77. The van der Waals surface area contributed by atoms with Crippen LogP contribution < -0.4 is 11.1 Å². The molecule has 25 heavy (non-hydrogen) atoms. The third-order valence-corrected chi connectivity index (χ3v) is 4.93. The molecule has 1 unspecified atom stereocenters. The molecule has 0 spiro atoms. The van der Waals surface area contributed by atoms with Crippen LogP contribution in [0.5, 0.6) is 0 Å². The van der Waals surface area contributed by atoms with Gasteiger partial charge in [-0.1, -0.05) is 12.2 Å². The molecule has 0 bridgehead atoms. The zero-order chi connectivity index (χ0) is 17.6. The second kappa shape index (κ2) is 5.91. The molecule has 4 nitrogen and oxygen atoms in total. The standard InChI is InChI=1S/C20H19FN4/c1-12-7-16-17(8-18(12)21)20(16)15(3-2-6-22)13-4-5-19-24-10-14(9-23)25(19)11-13/h2-3,7-8,10-11,19,24H,4-6,22H2,1H3/b3-2-,20-15+. The zero-order valence-corrected chi connectivity index (χ0v) is 14.0. The molecule has 0 saturated heterocycles. The van der Waals surface area contributed by atoms with Gasteiger partial charge < -0.3 is 16.0 Å². The van der Waals surface area contributed by atoms with Crippen molar-refractivity contribution in [2.75, 3.05) is 6.54 Å². The number of nitrogens with two attached hydrogens (primary N) is 1. The maximum absolute atomic E-state index is 13.9. The SMILES string of the molecule is Cc1cc2c(cc1F)/C2=C(\C=C/CN)C1=CN2C(C#N)=CNC2CC1. The number of nitriles is 1. The maximum atomic E-state index is 13.9. The molecule has 0 aromatic heterocycles. The lowest BCUT2D eigenvalue weighted by Gasteiger charge is -2.30. The molecule has 0 amide bonds. The Labute approximate surface area is 146 Å². The van der Waals surface area contributed by atoms with Crippen LogP contribution in [0.15, 0.2) is 53.5 Å². The molecule has 1 aliphatic carbocycles. The number of fused-ring (bicyclic) bond motifs is 2. The Morgan fingerprint density at radius 3 is 3.00 bits per heavy atom. The molecule has 1 aromatic carbocycles. The number of halogens is 1. The monoisotopic (exact) mass is 334 g/mol. The molecule has 3 aliphatic rings. The van der Waals surface area contributed by atoms with Crippen molar-refractivity contribution >= 4 is 5.57 Å². The summed E-state index contributed by atoms with van der Waals surface area (Å²) in [7, 11) is 0. The summed E-state index contributed by atoms with van der Waals surface area (Å²) in [5.74, 6) is -0.174. The summed E-state index contributed by atoms with van der Waals surface area (Å²) in [6.07, 6.45) is 9.68. The summed E-state index contributed by atoms with van der Waals surface area (Å²) >= 11 is 0. The summed E-state index contributed by atoms with van der Waals surface area (Å²) in [4.78, 5) is 1.98. The van der Waals surface area contributed by atoms with E-state index in [1.807, 2.05) is 29.3 Å². The largest absolute Gasteiger partial charge is 0.369 e. The van der Waals surface area contributed by atoms with Crippen molar-refractivity contribution in [3.63, 3.8) is 0 Å². The summed E-state index contributed by atoms with van der Waals surface area (Å²) in [5.41, 5.74) is 12.3. The van der Waals surface area contributed by atoms with Gasteiger partial charge in [0.25, 0.3) is 0 Å². The number of benzene rings is 1. The Morgan fingerprint density at radius 1 is 1.48 bits per heavy atom. The van der Waals surface area contributed by atoms with Crippen molar-refractivity contribution in [2.45, 2.75) is 25.9 Å². The van der Waals surface area contributed by atoms with E-state index in [9.17, 15) is 9.65 Å².